The van der Waals surface area contributed by atoms with Gasteiger partial charge in [0.25, 0.3) is 0 Å². The molecule has 2 aromatic rings. The highest BCUT2D eigenvalue weighted by molar-refractivity contribution is 7.89. The van der Waals surface area contributed by atoms with Crippen molar-refractivity contribution in [1.29, 1.82) is 0 Å². The van der Waals surface area contributed by atoms with Crippen LogP contribution in [0.1, 0.15) is 11.6 Å². The number of carbonyl (C=O) groups is 1. The second kappa shape index (κ2) is 6.02. The van der Waals surface area contributed by atoms with Crippen molar-refractivity contribution in [3.63, 3.8) is 0 Å². The number of aliphatic carboxylic acids is 1. The van der Waals surface area contributed by atoms with E-state index in [2.05, 4.69) is 4.72 Å². The zero-order valence-electron chi connectivity index (χ0n) is 10.7. The molecule has 7 heteroatoms. The van der Waals surface area contributed by atoms with Gasteiger partial charge in [-0.05, 0) is 23.8 Å². The van der Waals surface area contributed by atoms with Gasteiger partial charge in [-0.3, -0.25) is 4.79 Å². The number of sulfonamides is 1. The van der Waals surface area contributed by atoms with E-state index in [1.165, 1.54) is 24.3 Å². The summed E-state index contributed by atoms with van der Waals surface area (Å²) in [6.45, 7) is 0. The molecule has 1 atom stereocenters. The molecule has 5 nitrogen and oxygen atoms in total. The zero-order chi connectivity index (χ0) is 15.5. The number of nitrogens with one attached hydrogen (secondary N) is 1. The van der Waals surface area contributed by atoms with E-state index >= 15 is 0 Å². The average molecular weight is 309 g/mol. The monoisotopic (exact) mass is 309 g/mol. The van der Waals surface area contributed by atoms with Crippen LogP contribution in [0.5, 0.6) is 0 Å². The van der Waals surface area contributed by atoms with Gasteiger partial charge < -0.3 is 5.11 Å². The van der Waals surface area contributed by atoms with Crippen molar-refractivity contribution < 1.29 is 22.7 Å². The molecule has 0 heterocycles. The summed E-state index contributed by atoms with van der Waals surface area (Å²) in [4.78, 5) is 10.9. The molecule has 0 fully saturated rings. The van der Waals surface area contributed by atoms with Crippen LogP contribution in [0.15, 0.2) is 59.5 Å². The molecule has 0 radical (unpaired) electrons. The molecule has 0 aromatic heterocycles. The molecular formula is C14H12FNO4S. The zero-order valence-corrected chi connectivity index (χ0v) is 11.5. The van der Waals surface area contributed by atoms with E-state index < -0.39 is 27.9 Å². The number of halogens is 1. The summed E-state index contributed by atoms with van der Waals surface area (Å²) in [5, 5.41) is 9.19. The molecule has 0 saturated carbocycles. The number of carboxylic acid groups (broad SMARTS) is 1. The lowest BCUT2D eigenvalue weighted by Gasteiger charge is -2.15. The second-order valence-electron chi connectivity index (χ2n) is 4.26. The van der Waals surface area contributed by atoms with Gasteiger partial charge in [0.15, 0.2) is 0 Å². The smallest absolute Gasteiger partial charge is 0.326 e. The van der Waals surface area contributed by atoms with Crippen molar-refractivity contribution in [3.05, 3.63) is 66.0 Å². The SMILES string of the molecule is O=C(O)[C@@H](NS(=O)(=O)c1cccc(F)c1)c1ccccc1. The Morgan fingerprint density at radius 3 is 2.33 bits per heavy atom. The minimum atomic E-state index is -4.15. The topological polar surface area (TPSA) is 83.5 Å². The molecule has 0 aliphatic heterocycles. The van der Waals surface area contributed by atoms with E-state index in [0.29, 0.717) is 0 Å². The second-order valence-corrected chi connectivity index (χ2v) is 5.97. The molecule has 0 amide bonds. The molecule has 0 unspecified atom stereocenters. The molecule has 2 aromatic carbocycles. The normalized spacial score (nSPS) is 12.8. The van der Waals surface area contributed by atoms with Crippen LogP contribution < -0.4 is 4.72 Å². The Morgan fingerprint density at radius 2 is 1.76 bits per heavy atom. The molecule has 0 aliphatic rings. The van der Waals surface area contributed by atoms with Crippen LogP contribution in [0.4, 0.5) is 4.39 Å². The summed E-state index contributed by atoms with van der Waals surface area (Å²) in [5.74, 6) is -2.06. The van der Waals surface area contributed by atoms with Crippen LogP contribution in [0.2, 0.25) is 0 Å². The van der Waals surface area contributed by atoms with Gasteiger partial charge in [-0.1, -0.05) is 36.4 Å². The highest BCUT2D eigenvalue weighted by atomic mass is 32.2. The summed E-state index contributed by atoms with van der Waals surface area (Å²) in [6, 6.07) is 10.8. The van der Waals surface area contributed by atoms with Crippen molar-refractivity contribution in [2.24, 2.45) is 0 Å². The van der Waals surface area contributed by atoms with E-state index in [9.17, 15) is 22.7 Å². The maximum Gasteiger partial charge on any atom is 0.326 e. The van der Waals surface area contributed by atoms with Crippen LogP contribution in [0.3, 0.4) is 0 Å². The van der Waals surface area contributed by atoms with E-state index in [0.717, 1.165) is 12.1 Å². The van der Waals surface area contributed by atoms with Crippen molar-refractivity contribution in [2.45, 2.75) is 10.9 Å². The summed E-state index contributed by atoms with van der Waals surface area (Å²) in [6.07, 6.45) is 0. The number of hydrogen-bond acceptors (Lipinski definition) is 3. The Kier molecular flexibility index (Phi) is 4.35. The highest BCUT2D eigenvalue weighted by Crippen LogP contribution is 2.18. The standard InChI is InChI=1S/C14H12FNO4S/c15-11-7-4-8-12(9-11)21(19,20)16-13(14(17)18)10-5-2-1-3-6-10/h1-9,13,16H,(H,17,18)/t13-/m0/s1. The molecule has 0 aliphatic carbocycles. The van der Waals surface area contributed by atoms with E-state index in [4.69, 9.17) is 0 Å². The Morgan fingerprint density at radius 1 is 1.10 bits per heavy atom. The first-order valence-electron chi connectivity index (χ1n) is 5.96. The molecule has 110 valence electrons. The molecule has 21 heavy (non-hydrogen) atoms. The number of benzene rings is 2. The van der Waals surface area contributed by atoms with Crippen LogP contribution in [0, 0.1) is 5.82 Å². The Bertz CT molecular complexity index is 747. The quantitative estimate of drug-likeness (QED) is 0.884. The van der Waals surface area contributed by atoms with Crippen molar-refractivity contribution >= 4 is 16.0 Å². The molecule has 0 bridgehead atoms. The Labute approximate surface area is 121 Å². The van der Waals surface area contributed by atoms with Gasteiger partial charge in [-0.2, -0.15) is 4.72 Å². The minimum absolute atomic E-state index is 0.282. The third-order valence-corrected chi connectivity index (χ3v) is 4.18. The first kappa shape index (κ1) is 15.1. The van der Waals surface area contributed by atoms with E-state index in [-0.39, 0.29) is 10.5 Å². The predicted octanol–water partition coefficient (Wildman–Crippen LogP) is 1.93. The van der Waals surface area contributed by atoms with Crippen LogP contribution in [-0.4, -0.2) is 19.5 Å². The van der Waals surface area contributed by atoms with Gasteiger partial charge in [0.05, 0.1) is 4.90 Å². The predicted molar refractivity (Wildman–Crippen MR) is 73.5 cm³/mol. The lowest BCUT2D eigenvalue weighted by atomic mass is 10.1. The van der Waals surface area contributed by atoms with Gasteiger partial charge in [-0.15, -0.1) is 0 Å². The van der Waals surface area contributed by atoms with Gasteiger partial charge >= 0.3 is 5.97 Å². The number of hydrogen-bond donors (Lipinski definition) is 2. The lowest BCUT2D eigenvalue weighted by Crippen LogP contribution is -2.33. The molecule has 0 saturated heterocycles. The minimum Gasteiger partial charge on any atom is -0.480 e. The van der Waals surface area contributed by atoms with Crippen molar-refractivity contribution in [1.82, 2.24) is 4.72 Å². The van der Waals surface area contributed by atoms with Gasteiger partial charge in [0.2, 0.25) is 10.0 Å². The van der Waals surface area contributed by atoms with Crippen molar-refractivity contribution in [3.8, 4) is 0 Å². The van der Waals surface area contributed by atoms with Crippen LogP contribution in [0.25, 0.3) is 0 Å². The largest absolute Gasteiger partial charge is 0.480 e. The third-order valence-electron chi connectivity index (χ3n) is 2.76. The fourth-order valence-electron chi connectivity index (χ4n) is 1.76. The number of carboxylic acids is 1. The fourth-order valence-corrected chi connectivity index (χ4v) is 2.97. The number of rotatable bonds is 5. The van der Waals surface area contributed by atoms with E-state index in [1.807, 2.05) is 0 Å². The maximum absolute atomic E-state index is 13.1. The molecule has 0 spiro atoms. The molecule has 2 rings (SSSR count). The van der Waals surface area contributed by atoms with Crippen molar-refractivity contribution in [2.75, 3.05) is 0 Å². The van der Waals surface area contributed by atoms with Gasteiger partial charge in [0, 0.05) is 0 Å². The molecule has 2 N–H and O–H groups in total. The van der Waals surface area contributed by atoms with E-state index in [1.54, 1.807) is 18.2 Å². The van der Waals surface area contributed by atoms with Crippen LogP contribution in [-0.2, 0) is 14.8 Å². The molecular weight excluding hydrogens is 297 g/mol. The highest BCUT2D eigenvalue weighted by Gasteiger charge is 2.26. The average Bonchev–Trinajstić information content (AvgIpc) is 2.45. The Hall–Kier alpha value is -2.25. The third kappa shape index (κ3) is 3.65. The van der Waals surface area contributed by atoms with Crippen LogP contribution >= 0.6 is 0 Å². The summed E-state index contributed by atoms with van der Waals surface area (Å²) >= 11 is 0. The summed E-state index contributed by atoms with van der Waals surface area (Å²) < 4.78 is 39.4. The maximum atomic E-state index is 13.1. The first-order valence-corrected chi connectivity index (χ1v) is 7.44. The summed E-state index contributed by atoms with van der Waals surface area (Å²) in [5.41, 5.74) is 0.282. The summed E-state index contributed by atoms with van der Waals surface area (Å²) in [7, 11) is -4.15. The fraction of sp³-hybridized carbons (Fsp3) is 0.0714. The lowest BCUT2D eigenvalue weighted by molar-refractivity contribution is -0.139. The van der Waals surface area contributed by atoms with Gasteiger partial charge in [-0.25, -0.2) is 12.8 Å². The first-order chi connectivity index (χ1) is 9.90. The van der Waals surface area contributed by atoms with Gasteiger partial charge in [0.1, 0.15) is 11.9 Å². The Balaban J connectivity index is 2.35.